The quantitative estimate of drug-likeness (QED) is 0.0570. The molecule has 0 saturated heterocycles. The molecule has 3 nitrogen and oxygen atoms in total. The van der Waals surface area contributed by atoms with Gasteiger partial charge in [0.25, 0.3) is 0 Å². The van der Waals surface area contributed by atoms with Crippen LogP contribution in [0, 0.1) is 0 Å². The van der Waals surface area contributed by atoms with Crippen LogP contribution in [0.2, 0.25) is 0 Å². The number of hydrogen-bond acceptors (Lipinski definition) is 4. The van der Waals surface area contributed by atoms with Gasteiger partial charge < -0.3 is 11.1 Å². The third-order valence-corrected chi connectivity index (χ3v) is 10.6. The summed E-state index contributed by atoms with van der Waals surface area (Å²) in [5.41, 5.74) is 6.10. The normalized spacial score (nSPS) is 12.2. The molecule has 0 aromatic carbocycles. The standard InChI is InChI=1S/C35H72N2OS2/c1-3-5-7-9-11-13-15-17-19-21-23-25-27-29-31-37-35(38)34(36)33-40-39-32-30-28-26-24-22-20-18-16-14-12-10-8-6-4-2/h34H,3-33,36H2,1-2H3,(H,37,38). The number of nitrogens with two attached hydrogens (primary N) is 1. The zero-order valence-electron chi connectivity index (χ0n) is 27.3. The van der Waals surface area contributed by atoms with Crippen molar-refractivity contribution in [2.75, 3.05) is 18.1 Å². The van der Waals surface area contributed by atoms with Gasteiger partial charge in [0.2, 0.25) is 5.91 Å². The molecule has 5 heteroatoms. The molecular weight excluding hydrogens is 529 g/mol. The molecule has 0 aromatic rings. The number of carbonyl (C=O) groups is 1. The summed E-state index contributed by atoms with van der Waals surface area (Å²) < 4.78 is 0. The number of amides is 1. The predicted molar refractivity (Wildman–Crippen MR) is 187 cm³/mol. The van der Waals surface area contributed by atoms with Gasteiger partial charge >= 0.3 is 0 Å². The Kier molecular flexibility index (Phi) is 35.4. The van der Waals surface area contributed by atoms with Gasteiger partial charge in [-0.2, -0.15) is 0 Å². The lowest BCUT2D eigenvalue weighted by molar-refractivity contribution is -0.121. The van der Waals surface area contributed by atoms with Crippen molar-refractivity contribution in [1.29, 1.82) is 0 Å². The van der Waals surface area contributed by atoms with Gasteiger partial charge in [0.05, 0.1) is 6.04 Å². The monoisotopic (exact) mass is 601 g/mol. The van der Waals surface area contributed by atoms with Crippen LogP contribution in [0.3, 0.4) is 0 Å². The van der Waals surface area contributed by atoms with Crippen LogP contribution < -0.4 is 11.1 Å². The second-order valence-corrected chi connectivity index (χ2v) is 14.8. The van der Waals surface area contributed by atoms with Gasteiger partial charge in [0, 0.05) is 18.1 Å². The summed E-state index contributed by atoms with van der Waals surface area (Å²) >= 11 is 0. The van der Waals surface area contributed by atoms with Crippen molar-refractivity contribution in [3.8, 4) is 0 Å². The van der Waals surface area contributed by atoms with Crippen LogP contribution in [0.4, 0.5) is 0 Å². The van der Waals surface area contributed by atoms with Crippen molar-refractivity contribution in [1.82, 2.24) is 5.32 Å². The third-order valence-electron chi connectivity index (χ3n) is 8.08. The van der Waals surface area contributed by atoms with Crippen LogP contribution in [0.25, 0.3) is 0 Å². The van der Waals surface area contributed by atoms with E-state index in [0.29, 0.717) is 5.75 Å². The highest BCUT2D eigenvalue weighted by Crippen LogP contribution is 2.24. The summed E-state index contributed by atoms with van der Waals surface area (Å²) in [5, 5.41) is 3.05. The van der Waals surface area contributed by atoms with E-state index in [0.717, 1.165) is 13.0 Å². The summed E-state index contributed by atoms with van der Waals surface area (Å²) in [7, 11) is 3.66. The predicted octanol–water partition coefficient (Wildman–Crippen LogP) is 11.8. The Bertz CT molecular complexity index is 492. The largest absolute Gasteiger partial charge is 0.355 e. The average molecular weight is 601 g/mol. The maximum Gasteiger partial charge on any atom is 0.237 e. The van der Waals surface area contributed by atoms with E-state index in [-0.39, 0.29) is 11.9 Å². The van der Waals surface area contributed by atoms with E-state index in [1.807, 2.05) is 10.8 Å². The molecule has 1 unspecified atom stereocenters. The van der Waals surface area contributed by atoms with E-state index >= 15 is 0 Å². The molecule has 0 fully saturated rings. The SMILES string of the molecule is CCCCCCCCCCCCCCCCNC(=O)C(N)CSSCCCCCCCCCCCCCCCC. The van der Waals surface area contributed by atoms with Crippen molar-refractivity contribution in [2.24, 2.45) is 5.73 Å². The van der Waals surface area contributed by atoms with Crippen molar-refractivity contribution >= 4 is 27.5 Å². The lowest BCUT2D eigenvalue weighted by atomic mass is 10.0. The molecule has 1 amide bonds. The fourth-order valence-corrected chi connectivity index (χ4v) is 7.54. The zero-order chi connectivity index (χ0) is 29.2. The Balaban J connectivity index is 3.26. The highest BCUT2D eigenvalue weighted by atomic mass is 33.1. The maximum absolute atomic E-state index is 12.2. The van der Waals surface area contributed by atoms with E-state index in [1.54, 1.807) is 10.8 Å². The number of unbranched alkanes of at least 4 members (excludes halogenated alkanes) is 26. The first-order valence-corrected chi connectivity index (χ1v) is 20.5. The van der Waals surface area contributed by atoms with Crippen molar-refractivity contribution in [2.45, 2.75) is 200 Å². The first-order valence-electron chi connectivity index (χ1n) is 18.0. The Morgan fingerprint density at radius 3 is 1.20 bits per heavy atom. The molecule has 0 rings (SSSR count). The third kappa shape index (κ3) is 32.6. The van der Waals surface area contributed by atoms with Gasteiger partial charge in [-0.25, -0.2) is 0 Å². The maximum atomic E-state index is 12.2. The molecule has 0 bridgehead atoms. The number of carbonyl (C=O) groups excluding carboxylic acids is 1. The van der Waals surface area contributed by atoms with E-state index in [9.17, 15) is 4.79 Å². The van der Waals surface area contributed by atoms with Gasteiger partial charge in [-0.3, -0.25) is 4.79 Å². The molecular formula is C35H72N2OS2. The molecule has 0 saturated carbocycles. The summed E-state index contributed by atoms with van der Waals surface area (Å²) in [4.78, 5) is 12.2. The average Bonchev–Trinajstić information content (AvgIpc) is 2.96. The summed E-state index contributed by atoms with van der Waals surface area (Å²) in [6.45, 7) is 5.35. The summed E-state index contributed by atoms with van der Waals surface area (Å²) in [6, 6.07) is -0.375. The number of nitrogens with one attached hydrogen (secondary N) is 1. The second-order valence-electron chi connectivity index (χ2n) is 12.2. The molecule has 0 aromatic heterocycles. The van der Waals surface area contributed by atoms with E-state index in [2.05, 4.69) is 19.2 Å². The molecule has 3 N–H and O–H groups in total. The minimum absolute atomic E-state index is 0.0271. The summed E-state index contributed by atoms with van der Waals surface area (Å²) in [5.74, 6) is 1.92. The van der Waals surface area contributed by atoms with E-state index < -0.39 is 0 Å². The van der Waals surface area contributed by atoms with Crippen LogP contribution >= 0.6 is 21.6 Å². The Hall–Kier alpha value is 0.130. The van der Waals surface area contributed by atoms with Crippen LogP contribution in [0.15, 0.2) is 0 Å². The van der Waals surface area contributed by atoms with E-state index in [4.69, 9.17) is 5.73 Å². The van der Waals surface area contributed by atoms with Gasteiger partial charge in [0.1, 0.15) is 0 Å². The second kappa shape index (κ2) is 35.3. The first-order chi connectivity index (χ1) is 19.7. The van der Waals surface area contributed by atoms with Crippen LogP contribution in [-0.4, -0.2) is 30.0 Å². The minimum Gasteiger partial charge on any atom is -0.355 e. The molecule has 1 atom stereocenters. The van der Waals surface area contributed by atoms with Gasteiger partial charge in [-0.05, 0) is 12.8 Å². The van der Waals surface area contributed by atoms with Crippen LogP contribution in [-0.2, 0) is 4.79 Å². The van der Waals surface area contributed by atoms with E-state index in [1.165, 1.54) is 179 Å². The van der Waals surface area contributed by atoms with Crippen molar-refractivity contribution in [3.63, 3.8) is 0 Å². The molecule has 0 aliphatic rings. The smallest absolute Gasteiger partial charge is 0.237 e. The van der Waals surface area contributed by atoms with Gasteiger partial charge in [-0.1, -0.05) is 202 Å². The summed E-state index contributed by atoms with van der Waals surface area (Å²) in [6.07, 6.45) is 38.7. The molecule has 0 aliphatic carbocycles. The molecule has 0 aliphatic heterocycles. The zero-order valence-corrected chi connectivity index (χ0v) is 28.9. The Morgan fingerprint density at radius 1 is 0.500 bits per heavy atom. The van der Waals surface area contributed by atoms with Crippen molar-refractivity contribution in [3.05, 3.63) is 0 Å². The Labute approximate surface area is 260 Å². The Morgan fingerprint density at radius 2 is 0.825 bits per heavy atom. The molecule has 0 heterocycles. The fraction of sp³-hybridized carbons (Fsp3) is 0.971. The van der Waals surface area contributed by atoms with Crippen LogP contribution in [0.1, 0.15) is 194 Å². The topological polar surface area (TPSA) is 55.1 Å². The first kappa shape index (κ1) is 40.1. The highest BCUT2D eigenvalue weighted by molar-refractivity contribution is 8.76. The minimum atomic E-state index is -0.375. The van der Waals surface area contributed by atoms with Gasteiger partial charge in [-0.15, -0.1) is 0 Å². The fourth-order valence-electron chi connectivity index (χ4n) is 5.27. The molecule has 0 spiro atoms. The van der Waals surface area contributed by atoms with Crippen LogP contribution in [0.5, 0.6) is 0 Å². The lowest BCUT2D eigenvalue weighted by Crippen LogP contribution is -2.42. The highest BCUT2D eigenvalue weighted by Gasteiger charge is 2.12. The molecule has 40 heavy (non-hydrogen) atoms. The molecule has 0 radical (unpaired) electrons. The molecule has 240 valence electrons. The number of hydrogen-bond donors (Lipinski definition) is 2. The van der Waals surface area contributed by atoms with Gasteiger partial charge in [0.15, 0.2) is 0 Å². The lowest BCUT2D eigenvalue weighted by Gasteiger charge is -2.11. The number of rotatable bonds is 34. The van der Waals surface area contributed by atoms with Crippen molar-refractivity contribution < 1.29 is 4.79 Å².